The Kier molecular flexibility index (Phi) is 29.4. The number of aliphatic hydroxyl groups excluding tert-OH is 3. The third-order valence-corrected chi connectivity index (χ3v) is 6.97. The fourth-order valence-electron chi connectivity index (χ4n) is 4.78. The predicted molar refractivity (Wildman–Crippen MR) is 152 cm³/mol. The molecule has 1 unspecified atom stereocenters. The minimum Gasteiger partial charge on any atom is -0.395 e. The number of allylic oxidation sites excluding steroid dienone is 2. The van der Waals surface area contributed by atoms with Gasteiger partial charge in [0.2, 0.25) is 0 Å². The molecule has 0 spiro atoms. The van der Waals surface area contributed by atoms with E-state index >= 15 is 0 Å². The highest BCUT2D eigenvalue weighted by Gasteiger charge is 2.08. The van der Waals surface area contributed by atoms with Crippen LogP contribution in [-0.2, 0) is 0 Å². The lowest BCUT2D eigenvalue weighted by Crippen LogP contribution is -2.32. The molecular weight excluding hydrogens is 436 g/mol. The average molecular weight is 499 g/mol. The topological polar surface area (TPSA) is 76.0 Å². The zero-order valence-electron chi connectivity index (χ0n) is 23.4. The van der Waals surface area contributed by atoms with E-state index in [2.05, 4.69) is 29.3 Å². The smallest absolute Gasteiger partial charge is 0.0558 e. The Morgan fingerprint density at radius 1 is 0.571 bits per heavy atom. The van der Waals surface area contributed by atoms with E-state index in [1.54, 1.807) is 0 Å². The summed E-state index contributed by atoms with van der Waals surface area (Å²) in [5.41, 5.74) is 0. The maximum Gasteiger partial charge on any atom is 0.0558 e. The molecule has 1 atom stereocenters. The third-order valence-electron chi connectivity index (χ3n) is 6.97. The van der Waals surface area contributed by atoms with Crippen LogP contribution in [0.1, 0.15) is 129 Å². The Bertz CT molecular complexity index is 414. The second kappa shape index (κ2) is 29.8. The van der Waals surface area contributed by atoms with Crippen molar-refractivity contribution in [3.8, 4) is 0 Å². The third kappa shape index (κ3) is 26.4. The van der Waals surface area contributed by atoms with Gasteiger partial charge in [0, 0.05) is 25.7 Å². The van der Waals surface area contributed by atoms with E-state index in [0.717, 1.165) is 13.0 Å². The summed E-state index contributed by atoms with van der Waals surface area (Å²) in [4.78, 5) is 2.13. The highest BCUT2D eigenvalue weighted by atomic mass is 16.3. The summed E-state index contributed by atoms with van der Waals surface area (Å²) in [5.74, 6) is 0. The van der Waals surface area contributed by atoms with E-state index in [-0.39, 0.29) is 19.8 Å². The van der Waals surface area contributed by atoms with Crippen molar-refractivity contribution < 1.29 is 15.3 Å². The van der Waals surface area contributed by atoms with Crippen molar-refractivity contribution in [1.29, 1.82) is 0 Å². The average Bonchev–Trinajstić information content (AvgIpc) is 2.86. The van der Waals surface area contributed by atoms with Crippen molar-refractivity contribution >= 4 is 0 Å². The van der Waals surface area contributed by atoms with Crippen LogP contribution in [0.4, 0.5) is 0 Å². The van der Waals surface area contributed by atoms with E-state index in [1.165, 1.54) is 116 Å². The van der Waals surface area contributed by atoms with Crippen LogP contribution in [0.2, 0.25) is 0 Å². The number of hydrogen-bond acceptors (Lipinski definition) is 5. The molecule has 5 heteroatoms. The van der Waals surface area contributed by atoms with Crippen LogP contribution >= 0.6 is 0 Å². The molecule has 0 saturated heterocycles. The normalized spacial score (nSPS) is 12.8. The highest BCUT2D eigenvalue weighted by Crippen LogP contribution is 2.14. The summed E-state index contributed by atoms with van der Waals surface area (Å²) < 4.78 is 0. The van der Waals surface area contributed by atoms with Gasteiger partial charge in [-0.1, -0.05) is 96.1 Å². The molecule has 0 rings (SSSR count). The number of unbranched alkanes of at least 4 members (excludes halogenated alkanes) is 14. The molecule has 0 bridgehead atoms. The summed E-state index contributed by atoms with van der Waals surface area (Å²) in [6.45, 7) is 5.74. The van der Waals surface area contributed by atoms with Crippen LogP contribution in [0.15, 0.2) is 12.2 Å². The minimum atomic E-state index is 0.156. The van der Waals surface area contributed by atoms with Gasteiger partial charge >= 0.3 is 0 Å². The lowest BCUT2D eigenvalue weighted by molar-refractivity contribution is 0.159. The minimum absolute atomic E-state index is 0.156. The van der Waals surface area contributed by atoms with E-state index in [9.17, 15) is 5.11 Å². The molecule has 4 N–H and O–H groups in total. The Hall–Kier alpha value is -0.460. The first-order chi connectivity index (χ1) is 17.3. The zero-order chi connectivity index (χ0) is 25.7. The van der Waals surface area contributed by atoms with E-state index in [1.807, 2.05) is 0 Å². The van der Waals surface area contributed by atoms with Crippen molar-refractivity contribution in [2.24, 2.45) is 0 Å². The fraction of sp³-hybridized carbons (Fsp3) is 0.933. The summed E-state index contributed by atoms with van der Waals surface area (Å²) in [5, 5.41) is 30.9. The van der Waals surface area contributed by atoms with Gasteiger partial charge in [-0.25, -0.2) is 0 Å². The molecule has 0 fully saturated rings. The highest BCUT2D eigenvalue weighted by molar-refractivity contribution is 4.81. The molecule has 5 nitrogen and oxygen atoms in total. The van der Waals surface area contributed by atoms with Gasteiger partial charge in [0.05, 0.1) is 19.8 Å². The lowest BCUT2D eigenvalue weighted by Gasteiger charge is -2.21. The van der Waals surface area contributed by atoms with Gasteiger partial charge in [-0.2, -0.15) is 0 Å². The first kappa shape index (κ1) is 34.5. The summed E-state index contributed by atoms with van der Waals surface area (Å²) in [7, 11) is 0. The summed E-state index contributed by atoms with van der Waals surface area (Å²) in [6, 6.07) is 0.518. The van der Waals surface area contributed by atoms with Crippen LogP contribution in [0.5, 0.6) is 0 Å². The molecule has 0 heterocycles. The molecule has 0 saturated carbocycles. The Labute approximate surface area is 218 Å². The van der Waals surface area contributed by atoms with E-state index in [0.29, 0.717) is 25.7 Å². The molecule has 0 radical (unpaired) electrons. The number of nitrogens with one attached hydrogen (secondary N) is 1. The van der Waals surface area contributed by atoms with Crippen molar-refractivity contribution in [2.45, 2.75) is 135 Å². The largest absolute Gasteiger partial charge is 0.395 e. The fourth-order valence-corrected chi connectivity index (χ4v) is 4.78. The molecule has 0 aliphatic carbocycles. The molecule has 35 heavy (non-hydrogen) atoms. The maximum absolute atomic E-state index is 9.19. The Balaban J connectivity index is 3.65. The number of hydrogen-bond donors (Lipinski definition) is 4. The molecule has 0 amide bonds. The van der Waals surface area contributed by atoms with Crippen molar-refractivity contribution in [1.82, 2.24) is 10.2 Å². The lowest BCUT2D eigenvalue weighted by atomic mass is 10.0. The van der Waals surface area contributed by atoms with Crippen LogP contribution in [-0.4, -0.2) is 72.3 Å². The summed E-state index contributed by atoms with van der Waals surface area (Å²) in [6.07, 6.45) is 29.5. The monoisotopic (exact) mass is 498 g/mol. The molecular formula is C30H62N2O3. The quantitative estimate of drug-likeness (QED) is 0.0728. The van der Waals surface area contributed by atoms with Crippen molar-refractivity contribution in [3.63, 3.8) is 0 Å². The van der Waals surface area contributed by atoms with Crippen LogP contribution in [0.3, 0.4) is 0 Å². The van der Waals surface area contributed by atoms with E-state index in [4.69, 9.17) is 10.2 Å². The van der Waals surface area contributed by atoms with Crippen molar-refractivity contribution in [3.05, 3.63) is 12.2 Å². The SMILES string of the molecule is CCCCCCCC/C=C\CCCCCCCCC(CCCCCN(CCO)CCO)NCCO. The van der Waals surface area contributed by atoms with Gasteiger partial charge < -0.3 is 20.6 Å². The standard InChI is InChI=1S/C30H62N2O3/c1-2-3-4-5-6-7-8-9-10-11-12-13-14-15-16-18-21-30(31-23-27-33)22-19-17-20-24-32(25-28-34)26-29-35/h9-10,30-31,33-35H,2-8,11-29H2,1H3/b10-9-. The Morgan fingerprint density at radius 3 is 1.57 bits per heavy atom. The Morgan fingerprint density at radius 2 is 1.06 bits per heavy atom. The van der Waals surface area contributed by atoms with Crippen LogP contribution in [0, 0.1) is 0 Å². The first-order valence-electron chi connectivity index (χ1n) is 15.2. The van der Waals surface area contributed by atoms with Gasteiger partial charge in [-0.05, 0) is 51.5 Å². The van der Waals surface area contributed by atoms with Crippen LogP contribution < -0.4 is 5.32 Å². The van der Waals surface area contributed by atoms with Crippen LogP contribution in [0.25, 0.3) is 0 Å². The molecule has 0 aromatic carbocycles. The van der Waals surface area contributed by atoms with Gasteiger partial charge in [-0.3, -0.25) is 4.90 Å². The second-order valence-electron chi connectivity index (χ2n) is 10.2. The maximum atomic E-state index is 9.19. The molecule has 0 aromatic rings. The molecule has 0 aliphatic rings. The van der Waals surface area contributed by atoms with Gasteiger partial charge in [0.1, 0.15) is 0 Å². The van der Waals surface area contributed by atoms with Gasteiger partial charge in [0.25, 0.3) is 0 Å². The van der Waals surface area contributed by atoms with E-state index < -0.39 is 0 Å². The zero-order valence-corrected chi connectivity index (χ0v) is 23.4. The number of rotatable bonds is 29. The number of nitrogens with zero attached hydrogens (tertiary/aromatic N) is 1. The molecule has 210 valence electrons. The summed E-state index contributed by atoms with van der Waals surface area (Å²) >= 11 is 0. The molecule has 0 aliphatic heterocycles. The molecule has 0 aromatic heterocycles. The van der Waals surface area contributed by atoms with Crippen molar-refractivity contribution in [2.75, 3.05) is 46.0 Å². The first-order valence-corrected chi connectivity index (χ1v) is 15.2. The van der Waals surface area contributed by atoms with Gasteiger partial charge in [0.15, 0.2) is 0 Å². The second-order valence-corrected chi connectivity index (χ2v) is 10.2. The van der Waals surface area contributed by atoms with Gasteiger partial charge in [-0.15, -0.1) is 0 Å². The predicted octanol–water partition coefficient (Wildman–Crippen LogP) is 6.21. The number of aliphatic hydroxyl groups is 3.